The first kappa shape index (κ1) is 9.51. The smallest absolute Gasteiger partial charge is 0.243 e. The largest absolute Gasteiger partial charge is 0.374 e. The molecule has 0 aromatic heterocycles. The molecule has 5 heteroatoms. The van der Waals surface area contributed by atoms with Gasteiger partial charge in [0.25, 0.3) is 0 Å². The molecule has 0 bridgehead atoms. The van der Waals surface area contributed by atoms with Crippen molar-refractivity contribution in [2.24, 2.45) is 5.73 Å². The maximum absolute atomic E-state index is 11.1. The minimum absolute atomic E-state index is 0.0845. The fraction of sp³-hybridized carbons (Fsp3) is 0.200. The van der Waals surface area contributed by atoms with Gasteiger partial charge >= 0.3 is 0 Å². The molecule has 1 aliphatic rings. The van der Waals surface area contributed by atoms with Crippen LogP contribution in [0.2, 0.25) is 0 Å². The molecule has 0 atom stereocenters. The zero-order valence-corrected chi connectivity index (χ0v) is 8.04. The first-order valence-corrected chi connectivity index (χ1v) is 4.60. The van der Waals surface area contributed by atoms with Crippen LogP contribution < -0.4 is 16.4 Å². The molecule has 2 amide bonds. The lowest BCUT2D eigenvalue weighted by atomic mass is 10.1. The van der Waals surface area contributed by atoms with Gasteiger partial charge in [-0.25, -0.2) is 0 Å². The minimum atomic E-state index is -0.384. The third-order valence-electron chi connectivity index (χ3n) is 2.18. The molecule has 0 spiro atoms. The summed E-state index contributed by atoms with van der Waals surface area (Å²) in [6, 6.07) is 5.39. The minimum Gasteiger partial charge on any atom is -0.374 e. The Bertz CT molecular complexity index is 429. The summed E-state index contributed by atoms with van der Waals surface area (Å²) in [5.74, 6) is -0.469. The van der Waals surface area contributed by atoms with Gasteiger partial charge in [-0.15, -0.1) is 0 Å². The summed E-state index contributed by atoms with van der Waals surface area (Å²) in [7, 11) is 0. The number of nitrogens with one attached hydrogen (secondary N) is 2. The van der Waals surface area contributed by atoms with Crippen molar-refractivity contribution in [3.05, 3.63) is 23.8 Å². The van der Waals surface area contributed by atoms with Crippen molar-refractivity contribution in [2.75, 3.05) is 17.2 Å². The Kier molecular flexibility index (Phi) is 2.29. The summed E-state index contributed by atoms with van der Waals surface area (Å²) in [6.45, 7) is 0.280. The molecule has 0 aliphatic carbocycles. The maximum Gasteiger partial charge on any atom is 0.243 e. The number of hydrogen-bond donors (Lipinski definition) is 3. The molecule has 0 saturated heterocycles. The third kappa shape index (κ3) is 2.07. The summed E-state index contributed by atoms with van der Waals surface area (Å²) in [4.78, 5) is 21.8. The van der Waals surface area contributed by atoms with Crippen LogP contribution in [-0.4, -0.2) is 18.4 Å². The fourth-order valence-corrected chi connectivity index (χ4v) is 1.53. The van der Waals surface area contributed by atoms with Crippen LogP contribution in [0.25, 0.3) is 0 Å². The lowest BCUT2D eigenvalue weighted by Gasteiger charge is -2.19. The number of nitrogens with two attached hydrogens (primary N) is 1. The number of anilines is 2. The highest BCUT2D eigenvalue weighted by Crippen LogP contribution is 2.25. The lowest BCUT2D eigenvalue weighted by molar-refractivity contribution is -0.117. The number of amides is 2. The standard InChI is InChI=1S/C10H11N3O2/c11-9(14)4-6-1-2-7-8(3-6)13-10(15)5-12-7/h1-3,12H,4-5H2,(H2,11,14)(H,13,15). The summed E-state index contributed by atoms with van der Waals surface area (Å²) in [5, 5.41) is 5.68. The molecule has 0 radical (unpaired) electrons. The number of benzene rings is 1. The van der Waals surface area contributed by atoms with Crippen molar-refractivity contribution in [1.29, 1.82) is 0 Å². The van der Waals surface area contributed by atoms with Crippen LogP contribution in [0, 0.1) is 0 Å². The quantitative estimate of drug-likeness (QED) is 0.639. The van der Waals surface area contributed by atoms with Gasteiger partial charge in [-0.2, -0.15) is 0 Å². The molecule has 2 rings (SSSR count). The van der Waals surface area contributed by atoms with E-state index >= 15 is 0 Å². The third-order valence-corrected chi connectivity index (χ3v) is 2.18. The van der Waals surface area contributed by atoms with E-state index in [2.05, 4.69) is 10.6 Å². The van der Waals surface area contributed by atoms with E-state index in [-0.39, 0.29) is 24.8 Å². The van der Waals surface area contributed by atoms with Crippen LogP contribution in [0.3, 0.4) is 0 Å². The molecular weight excluding hydrogens is 194 g/mol. The van der Waals surface area contributed by atoms with Gasteiger partial charge in [-0.3, -0.25) is 9.59 Å². The highest BCUT2D eigenvalue weighted by molar-refractivity contribution is 6.00. The summed E-state index contributed by atoms with van der Waals surface area (Å²) < 4.78 is 0. The molecule has 0 fully saturated rings. The predicted octanol–water partition coefficient (Wildman–Crippen LogP) is 0.0784. The summed E-state index contributed by atoms with van der Waals surface area (Å²) in [6.07, 6.45) is 0.184. The highest BCUT2D eigenvalue weighted by atomic mass is 16.2. The maximum atomic E-state index is 11.1. The lowest BCUT2D eigenvalue weighted by Crippen LogP contribution is -2.27. The van der Waals surface area contributed by atoms with Gasteiger partial charge in [0.1, 0.15) is 0 Å². The number of carbonyl (C=O) groups excluding carboxylic acids is 2. The second-order valence-corrected chi connectivity index (χ2v) is 3.42. The number of carbonyl (C=O) groups is 2. The van der Waals surface area contributed by atoms with Crippen molar-refractivity contribution in [3.63, 3.8) is 0 Å². The molecule has 0 saturated carbocycles. The molecule has 0 unspecified atom stereocenters. The Morgan fingerprint density at radius 1 is 1.40 bits per heavy atom. The molecule has 5 nitrogen and oxygen atoms in total. The average Bonchev–Trinajstić information content (AvgIpc) is 2.16. The Hall–Kier alpha value is -2.04. The first-order chi connectivity index (χ1) is 7.15. The van der Waals surface area contributed by atoms with E-state index in [4.69, 9.17) is 5.73 Å². The van der Waals surface area contributed by atoms with Gasteiger partial charge in [0, 0.05) is 0 Å². The fourth-order valence-electron chi connectivity index (χ4n) is 1.53. The van der Waals surface area contributed by atoms with Crippen LogP contribution >= 0.6 is 0 Å². The highest BCUT2D eigenvalue weighted by Gasteiger charge is 2.14. The Balaban J connectivity index is 2.28. The van der Waals surface area contributed by atoms with Crippen molar-refractivity contribution in [3.8, 4) is 0 Å². The number of rotatable bonds is 2. The van der Waals surface area contributed by atoms with Crippen molar-refractivity contribution in [2.45, 2.75) is 6.42 Å². The Labute approximate surface area is 86.6 Å². The van der Waals surface area contributed by atoms with E-state index in [0.29, 0.717) is 5.69 Å². The first-order valence-electron chi connectivity index (χ1n) is 4.60. The summed E-state index contributed by atoms with van der Waals surface area (Å²) >= 11 is 0. The van der Waals surface area contributed by atoms with Gasteiger partial charge in [-0.05, 0) is 17.7 Å². The van der Waals surface area contributed by atoms with Crippen LogP contribution in [-0.2, 0) is 16.0 Å². The topological polar surface area (TPSA) is 84.2 Å². The predicted molar refractivity (Wildman–Crippen MR) is 56.5 cm³/mol. The van der Waals surface area contributed by atoms with Crippen LogP contribution in [0.1, 0.15) is 5.56 Å². The van der Waals surface area contributed by atoms with Crippen molar-refractivity contribution < 1.29 is 9.59 Å². The van der Waals surface area contributed by atoms with Gasteiger partial charge in [0.05, 0.1) is 24.3 Å². The Morgan fingerprint density at radius 2 is 2.20 bits per heavy atom. The number of fused-ring (bicyclic) bond motifs is 1. The molecule has 78 valence electrons. The summed E-state index contributed by atoms with van der Waals surface area (Å²) in [5.41, 5.74) is 7.45. The molecule has 15 heavy (non-hydrogen) atoms. The SMILES string of the molecule is NC(=O)Cc1ccc2c(c1)NC(=O)CN2. The van der Waals surface area contributed by atoms with E-state index in [9.17, 15) is 9.59 Å². The van der Waals surface area contributed by atoms with Crippen LogP contribution in [0.15, 0.2) is 18.2 Å². The van der Waals surface area contributed by atoms with Gasteiger partial charge in [0.2, 0.25) is 11.8 Å². The second-order valence-electron chi connectivity index (χ2n) is 3.42. The van der Waals surface area contributed by atoms with E-state index in [1.165, 1.54) is 0 Å². The zero-order valence-electron chi connectivity index (χ0n) is 8.04. The van der Waals surface area contributed by atoms with E-state index < -0.39 is 0 Å². The van der Waals surface area contributed by atoms with Crippen molar-refractivity contribution in [1.82, 2.24) is 0 Å². The van der Waals surface area contributed by atoms with E-state index in [0.717, 1.165) is 11.3 Å². The zero-order chi connectivity index (χ0) is 10.8. The number of hydrogen-bond acceptors (Lipinski definition) is 3. The van der Waals surface area contributed by atoms with Gasteiger partial charge in [-0.1, -0.05) is 6.07 Å². The van der Waals surface area contributed by atoms with Gasteiger partial charge < -0.3 is 16.4 Å². The second kappa shape index (κ2) is 3.61. The van der Waals surface area contributed by atoms with Gasteiger partial charge in [0.15, 0.2) is 0 Å². The molecular formula is C10H11N3O2. The van der Waals surface area contributed by atoms with Crippen LogP contribution in [0.4, 0.5) is 11.4 Å². The van der Waals surface area contributed by atoms with Crippen LogP contribution in [0.5, 0.6) is 0 Å². The molecule has 1 aromatic carbocycles. The van der Waals surface area contributed by atoms with E-state index in [1.54, 1.807) is 6.07 Å². The molecule has 4 N–H and O–H groups in total. The molecule has 1 heterocycles. The normalized spacial score (nSPS) is 13.7. The number of primary amides is 1. The van der Waals surface area contributed by atoms with E-state index in [1.807, 2.05) is 12.1 Å². The Morgan fingerprint density at radius 3 is 2.93 bits per heavy atom. The molecule has 1 aliphatic heterocycles. The monoisotopic (exact) mass is 205 g/mol. The molecule has 1 aromatic rings. The average molecular weight is 205 g/mol. The van der Waals surface area contributed by atoms with Crippen molar-refractivity contribution >= 4 is 23.2 Å².